The van der Waals surface area contributed by atoms with Gasteiger partial charge in [0.2, 0.25) is 5.91 Å². The third-order valence-electron chi connectivity index (χ3n) is 4.91. The van der Waals surface area contributed by atoms with Crippen LogP contribution in [0, 0.1) is 13.8 Å². The van der Waals surface area contributed by atoms with Gasteiger partial charge in [-0.05, 0) is 62.0 Å². The smallest absolute Gasteiger partial charge is 0.230 e. The Morgan fingerprint density at radius 1 is 1.10 bits per heavy atom. The number of rotatable bonds is 7. The van der Waals surface area contributed by atoms with Gasteiger partial charge >= 0.3 is 0 Å². The molecule has 0 atom stereocenters. The van der Waals surface area contributed by atoms with Crippen molar-refractivity contribution in [2.45, 2.75) is 38.8 Å². The molecule has 0 spiro atoms. The van der Waals surface area contributed by atoms with E-state index in [1.165, 1.54) is 21.8 Å². The van der Waals surface area contributed by atoms with E-state index >= 15 is 0 Å². The minimum absolute atomic E-state index is 0.0261. The van der Waals surface area contributed by atoms with Crippen molar-refractivity contribution in [3.63, 3.8) is 0 Å². The molecule has 0 aliphatic heterocycles. The van der Waals surface area contributed by atoms with E-state index in [0.717, 1.165) is 40.7 Å². The fraction of sp³-hybridized carbons (Fsp3) is 0.304. The third-order valence-corrected chi connectivity index (χ3v) is 6.52. The van der Waals surface area contributed by atoms with E-state index in [-0.39, 0.29) is 5.91 Å². The SMILES string of the molecule is CSc1ccc(CN(C)Cc2csc(N(C(C)=O)c3cccc(C)c3C)n2)cc1. The largest absolute Gasteiger partial charge is 0.296 e. The van der Waals surface area contributed by atoms with Crippen LogP contribution in [0.25, 0.3) is 0 Å². The van der Waals surface area contributed by atoms with Gasteiger partial charge in [-0.3, -0.25) is 14.6 Å². The number of amides is 1. The number of hydrogen-bond donors (Lipinski definition) is 0. The van der Waals surface area contributed by atoms with Crippen LogP contribution in [0.2, 0.25) is 0 Å². The molecule has 1 aromatic heterocycles. The molecule has 1 amide bonds. The maximum atomic E-state index is 12.4. The molecule has 0 saturated heterocycles. The summed E-state index contributed by atoms with van der Waals surface area (Å²) in [5.41, 5.74) is 5.43. The number of anilines is 2. The molecule has 3 aromatic rings. The lowest BCUT2D eigenvalue weighted by atomic mass is 10.1. The molecule has 0 saturated carbocycles. The normalized spacial score (nSPS) is 11.1. The highest BCUT2D eigenvalue weighted by Crippen LogP contribution is 2.32. The lowest BCUT2D eigenvalue weighted by Gasteiger charge is -2.21. The highest BCUT2D eigenvalue weighted by molar-refractivity contribution is 7.98. The van der Waals surface area contributed by atoms with E-state index in [1.807, 2.05) is 24.4 Å². The average molecular weight is 426 g/mol. The van der Waals surface area contributed by atoms with Crippen molar-refractivity contribution in [3.8, 4) is 0 Å². The molecule has 0 bridgehead atoms. The molecule has 29 heavy (non-hydrogen) atoms. The van der Waals surface area contributed by atoms with Crippen LogP contribution in [0.3, 0.4) is 0 Å². The number of hydrogen-bond acceptors (Lipinski definition) is 5. The molecule has 4 nitrogen and oxygen atoms in total. The zero-order chi connectivity index (χ0) is 21.0. The molecule has 6 heteroatoms. The minimum atomic E-state index is -0.0261. The van der Waals surface area contributed by atoms with Crippen molar-refractivity contribution in [2.24, 2.45) is 0 Å². The first kappa shape index (κ1) is 21.6. The Balaban J connectivity index is 1.74. The summed E-state index contributed by atoms with van der Waals surface area (Å²) >= 11 is 3.27. The Morgan fingerprint density at radius 3 is 2.48 bits per heavy atom. The van der Waals surface area contributed by atoms with E-state index in [4.69, 9.17) is 4.98 Å². The molecule has 0 unspecified atom stereocenters. The van der Waals surface area contributed by atoms with Gasteiger partial charge in [-0.25, -0.2) is 4.98 Å². The number of thioether (sulfide) groups is 1. The zero-order valence-electron chi connectivity index (χ0n) is 17.6. The van der Waals surface area contributed by atoms with Crippen molar-refractivity contribution in [1.29, 1.82) is 0 Å². The van der Waals surface area contributed by atoms with Gasteiger partial charge in [0, 0.05) is 30.3 Å². The monoisotopic (exact) mass is 425 g/mol. The standard InChI is InChI=1S/C23H27N3OS2/c1-16-7-6-8-22(17(16)2)26(18(3)27)23-24-20(15-29-23)14-25(4)13-19-9-11-21(28-5)12-10-19/h6-12,15H,13-14H2,1-5H3. The first-order valence-electron chi connectivity index (χ1n) is 9.52. The number of nitrogens with zero attached hydrogens (tertiary/aromatic N) is 3. The molecule has 1 heterocycles. The number of thiazole rings is 1. The lowest BCUT2D eigenvalue weighted by molar-refractivity contribution is -0.115. The van der Waals surface area contributed by atoms with E-state index in [1.54, 1.807) is 23.6 Å². The van der Waals surface area contributed by atoms with Crippen molar-refractivity contribution < 1.29 is 4.79 Å². The fourth-order valence-electron chi connectivity index (χ4n) is 3.23. The number of carbonyl (C=O) groups is 1. The Bertz CT molecular complexity index is 982. The Morgan fingerprint density at radius 2 is 1.83 bits per heavy atom. The minimum Gasteiger partial charge on any atom is -0.296 e. The summed E-state index contributed by atoms with van der Waals surface area (Å²) in [7, 11) is 2.09. The van der Waals surface area contributed by atoms with Gasteiger partial charge in [0.1, 0.15) is 0 Å². The van der Waals surface area contributed by atoms with Crippen LogP contribution in [0.15, 0.2) is 52.7 Å². The van der Waals surface area contributed by atoms with Crippen molar-refractivity contribution in [2.75, 3.05) is 18.2 Å². The van der Waals surface area contributed by atoms with Gasteiger partial charge in [0.25, 0.3) is 0 Å². The van der Waals surface area contributed by atoms with Crippen LogP contribution in [0.5, 0.6) is 0 Å². The van der Waals surface area contributed by atoms with E-state index in [0.29, 0.717) is 0 Å². The maximum Gasteiger partial charge on any atom is 0.230 e. The molecule has 0 aliphatic rings. The molecule has 0 radical (unpaired) electrons. The second kappa shape index (κ2) is 9.57. The summed E-state index contributed by atoms with van der Waals surface area (Å²) in [6.45, 7) is 7.29. The van der Waals surface area contributed by atoms with Gasteiger partial charge in [-0.1, -0.05) is 24.3 Å². The quantitative estimate of drug-likeness (QED) is 0.448. The third kappa shape index (κ3) is 5.26. The van der Waals surface area contributed by atoms with Crippen LogP contribution >= 0.6 is 23.1 Å². The van der Waals surface area contributed by atoms with E-state index in [9.17, 15) is 4.79 Å². The topological polar surface area (TPSA) is 36.4 Å². The number of carbonyl (C=O) groups excluding carboxylic acids is 1. The predicted molar refractivity (Wildman–Crippen MR) is 124 cm³/mol. The molecule has 0 N–H and O–H groups in total. The fourth-order valence-corrected chi connectivity index (χ4v) is 4.51. The summed E-state index contributed by atoms with van der Waals surface area (Å²) < 4.78 is 0. The van der Waals surface area contributed by atoms with Crippen molar-refractivity contribution >= 4 is 39.8 Å². The molecule has 0 fully saturated rings. The first-order valence-corrected chi connectivity index (χ1v) is 11.6. The van der Waals surface area contributed by atoms with Crippen LogP contribution in [0.1, 0.15) is 29.3 Å². The summed E-state index contributed by atoms with van der Waals surface area (Å²) in [5.74, 6) is -0.0261. The lowest BCUT2D eigenvalue weighted by Crippen LogP contribution is -2.24. The summed E-state index contributed by atoms with van der Waals surface area (Å²) in [4.78, 5) is 22.4. The average Bonchev–Trinajstić information content (AvgIpc) is 3.13. The van der Waals surface area contributed by atoms with E-state index < -0.39 is 0 Å². The highest BCUT2D eigenvalue weighted by atomic mass is 32.2. The molecule has 152 valence electrons. The van der Waals surface area contributed by atoms with Gasteiger partial charge in [-0.2, -0.15) is 0 Å². The number of benzene rings is 2. The van der Waals surface area contributed by atoms with E-state index in [2.05, 4.69) is 55.5 Å². The molecule has 3 rings (SSSR count). The van der Waals surface area contributed by atoms with Gasteiger partial charge in [-0.15, -0.1) is 23.1 Å². The molecular weight excluding hydrogens is 398 g/mol. The zero-order valence-corrected chi connectivity index (χ0v) is 19.2. The van der Waals surface area contributed by atoms with Gasteiger partial charge in [0.15, 0.2) is 5.13 Å². The summed E-state index contributed by atoms with van der Waals surface area (Å²) in [6.07, 6.45) is 2.09. The second-order valence-corrected chi connectivity index (χ2v) is 8.93. The molecule has 2 aromatic carbocycles. The van der Waals surface area contributed by atoms with Gasteiger partial charge in [0.05, 0.1) is 11.4 Å². The highest BCUT2D eigenvalue weighted by Gasteiger charge is 2.20. The van der Waals surface area contributed by atoms with Crippen molar-refractivity contribution in [3.05, 3.63) is 70.2 Å². The summed E-state index contributed by atoms with van der Waals surface area (Å²) in [6, 6.07) is 14.7. The van der Waals surface area contributed by atoms with Crippen LogP contribution in [0.4, 0.5) is 10.8 Å². The number of aryl methyl sites for hydroxylation is 1. The molecule has 0 aliphatic carbocycles. The number of aromatic nitrogens is 1. The second-order valence-electron chi connectivity index (χ2n) is 7.22. The first-order chi connectivity index (χ1) is 13.9. The maximum absolute atomic E-state index is 12.4. The van der Waals surface area contributed by atoms with Crippen LogP contribution < -0.4 is 4.90 Å². The van der Waals surface area contributed by atoms with Gasteiger partial charge < -0.3 is 0 Å². The van der Waals surface area contributed by atoms with Crippen molar-refractivity contribution in [1.82, 2.24) is 9.88 Å². The summed E-state index contributed by atoms with van der Waals surface area (Å²) in [5, 5.41) is 2.77. The van der Waals surface area contributed by atoms with Crippen LogP contribution in [-0.4, -0.2) is 29.1 Å². The van der Waals surface area contributed by atoms with Crippen LogP contribution in [-0.2, 0) is 17.9 Å². The predicted octanol–water partition coefficient (Wildman–Crippen LogP) is 5.80. The Kier molecular flexibility index (Phi) is 7.11. The molecular formula is C23H27N3OS2. The Hall–Kier alpha value is -2.15. The Labute approximate surface area is 181 Å².